The van der Waals surface area contributed by atoms with Crippen LogP contribution in [0.15, 0.2) is 128 Å². The van der Waals surface area contributed by atoms with E-state index in [-0.39, 0.29) is 0 Å². The lowest BCUT2D eigenvalue weighted by atomic mass is 10.1. The zero-order valence-corrected chi connectivity index (χ0v) is 19.9. The number of pyridine rings is 1. The third-order valence-corrected chi connectivity index (χ3v) is 6.55. The van der Waals surface area contributed by atoms with E-state index in [1.54, 1.807) is 0 Å². The van der Waals surface area contributed by atoms with E-state index in [2.05, 4.69) is 39.9 Å². The molecule has 0 saturated heterocycles. The molecule has 5 heteroatoms. The predicted octanol–water partition coefficient (Wildman–Crippen LogP) is 7.36. The first kappa shape index (κ1) is 21.1. The molecule has 3 aromatic heterocycles. The van der Waals surface area contributed by atoms with Crippen molar-refractivity contribution in [3.05, 3.63) is 128 Å². The molecule has 0 atom stereocenters. The van der Waals surface area contributed by atoms with Crippen LogP contribution in [0.4, 0.5) is 0 Å². The molecule has 0 radical (unpaired) electrons. The fraction of sp³-hybridized carbons (Fsp3) is 0. The lowest BCUT2D eigenvalue weighted by Crippen LogP contribution is -2.07. The number of nitrogens with zero attached hydrogens (tertiary/aromatic N) is 5. The highest BCUT2D eigenvalue weighted by Gasteiger charge is 2.20. The van der Waals surface area contributed by atoms with Crippen LogP contribution >= 0.6 is 0 Å². The summed E-state index contributed by atoms with van der Waals surface area (Å²) in [6.07, 6.45) is 3.85. The Bertz CT molecular complexity index is 1800. The second-order valence-corrected chi connectivity index (χ2v) is 8.82. The molecule has 4 aromatic carbocycles. The Hall–Kier alpha value is -5.16. The van der Waals surface area contributed by atoms with Crippen molar-refractivity contribution in [1.29, 1.82) is 0 Å². The van der Waals surface area contributed by atoms with Crippen LogP contribution in [0.3, 0.4) is 0 Å². The molecular weight excluding hydrogens is 454 g/mol. The minimum atomic E-state index is 0.572. The normalized spacial score (nSPS) is 11.2. The van der Waals surface area contributed by atoms with Gasteiger partial charge < -0.3 is 0 Å². The largest absolute Gasteiger partial charge is 0.277 e. The summed E-state index contributed by atoms with van der Waals surface area (Å²) in [5.41, 5.74) is 6.03. The van der Waals surface area contributed by atoms with E-state index in [0.717, 1.165) is 44.1 Å². The molecule has 3 heterocycles. The van der Waals surface area contributed by atoms with Gasteiger partial charge in [0.2, 0.25) is 5.95 Å². The third-order valence-electron chi connectivity index (χ3n) is 6.55. The molecule has 0 aliphatic rings. The Morgan fingerprint density at radius 3 is 1.62 bits per heavy atom. The Balaban J connectivity index is 1.60. The highest BCUT2D eigenvalue weighted by atomic mass is 15.2. The molecule has 0 amide bonds. The van der Waals surface area contributed by atoms with Crippen molar-refractivity contribution >= 4 is 21.8 Å². The van der Waals surface area contributed by atoms with Gasteiger partial charge in [-0.3, -0.25) is 9.55 Å². The van der Waals surface area contributed by atoms with Crippen LogP contribution in [0.1, 0.15) is 0 Å². The molecule has 0 bridgehead atoms. The van der Waals surface area contributed by atoms with Crippen LogP contribution in [0, 0.1) is 0 Å². The van der Waals surface area contributed by atoms with E-state index in [0.29, 0.717) is 17.6 Å². The quantitative estimate of drug-likeness (QED) is 0.267. The third kappa shape index (κ3) is 3.65. The van der Waals surface area contributed by atoms with Gasteiger partial charge in [-0.25, -0.2) is 4.98 Å². The highest BCUT2D eigenvalue weighted by molar-refractivity contribution is 6.13. The first-order valence-electron chi connectivity index (χ1n) is 12.2. The van der Waals surface area contributed by atoms with E-state index < -0.39 is 0 Å². The van der Waals surface area contributed by atoms with Crippen LogP contribution in [0.5, 0.6) is 0 Å². The standard InChI is InChI=1S/C32H21N5/c1-4-12-22(13-5-1)26-20-33-21-27-25-18-10-11-19-28(25)37(29(26)27)32-35-30(23-14-6-2-7-15-23)34-31(36-32)24-16-8-3-9-17-24/h1-21H. The van der Waals surface area contributed by atoms with Crippen molar-refractivity contribution in [2.24, 2.45) is 0 Å². The zero-order valence-electron chi connectivity index (χ0n) is 19.9. The second kappa shape index (κ2) is 8.81. The van der Waals surface area contributed by atoms with Crippen LogP contribution in [0.25, 0.3) is 61.7 Å². The maximum atomic E-state index is 5.03. The summed E-state index contributed by atoms with van der Waals surface area (Å²) in [7, 11) is 0. The summed E-state index contributed by atoms with van der Waals surface area (Å²) in [5.74, 6) is 1.83. The monoisotopic (exact) mass is 475 g/mol. The molecule has 0 fully saturated rings. The van der Waals surface area contributed by atoms with Gasteiger partial charge in [-0.15, -0.1) is 0 Å². The lowest BCUT2D eigenvalue weighted by molar-refractivity contribution is 0.953. The molecule has 7 aromatic rings. The molecule has 174 valence electrons. The number of para-hydroxylation sites is 1. The van der Waals surface area contributed by atoms with Gasteiger partial charge in [0.1, 0.15) is 0 Å². The molecule has 0 N–H and O–H groups in total. The first-order valence-corrected chi connectivity index (χ1v) is 12.2. The number of benzene rings is 4. The zero-order chi connectivity index (χ0) is 24.6. The second-order valence-electron chi connectivity index (χ2n) is 8.82. The summed E-state index contributed by atoms with van der Waals surface area (Å²) in [4.78, 5) is 19.5. The molecule has 0 aliphatic carbocycles. The Morgan fingerprint density at radius 2 is 1.00 bits per heavy atom. The van der Waals surface area contributed by atoms with Crippen LogP contribution in [-0.4, -0.2) is 24.5 Å². The Labute approximate surface area is 213 Å². The van der Waals surface area contributed by atoms with E-state index in [1.165, 1.54) is 0 Å². The summed E-state index contributed by atoms with van der Waals surface area (Å²) in [5, 5.41) is 2.16. The molecule has 37 heavy (non-hydrogen) atoms. The summed E-state index contributed by atoms with van der Waals surface area (Å²) >= 11 is 0. The Kier molecular flexibility index (Phi) is 5.03. The number of hydrogen-bond donors (Lipinski definition) is 0. The van der Waals surface area contributed by atoms with E-state index in [4.69, 9.17) is 15.0 Å². The predicted molar refractivity (Wildman–Crippen MR) is 148 cm³/mol. The van der Waals surface area contributed by atoms with Gasteiger partial charge >= 0.3 is 0 Å². The van der Waals surface area contributed by atoms with Gasteiger partial charge in [0.05, 0.1) is 11.0 Å². The van der Waals surface area contributed by atoms with Crippen LogP contribution in [0.2, 0.25) is 0 Å². The van der Waals surface area contributed by atoms with Gasteiger partial charge in [-0.05, 0) is 11.6 Å². The molecule has 7 rings (SSSR count). The number of rotatable bonds is 4. The molecule has 0 aliphatic heterocycles. The van der Waals surface area contributed by atoms with Gasteiger partial charge in [-0.2, -0.15) is 9.97 Å². The van der Waals surface area contributed by atoms with Crippen molar-refractivity contribution in [3.63, 3.8) is 0 Å². The number of fused-ring (bicyclic) bond motifs is 3. The number of hydrogen-bond acceptors (Lipinski definition) is 4. The number of aromatic nitrogens is 5. The van der Waals surface area contributed by atoms with Crippen LogP contribution < -0.4 is 0 Å². The van der Waals surface area contributed by atoms with Crippen LogP contribution in [-0.2, 0) is 0 Å². The summed E-state index contributed by atoms with van der Waals surface area (Å²) < 4.78 is 2.15. The SMILES string of the molecule is c1ccc(-c2nc(-c3ccccc3)nc(-n3c4ccccc4c4cncc(-c5ccccc5)c43)n2)cc1. The topological polar surface area (TPSA) is 56.5 Å². The average Bonchev–Trinajstić information content (AvgIpc) is 3.33. The fourth-order valence-electron chi connectivity index (χ4n) is 4.84. The van der Waals surface area contributed by atoms with E-state index in [9.17, 15) is 0 Å². The maximum Gasteiger partial charge on any atom is 0.238 e. The van der Waals surface area contributed by atoms with Gasteiger partial charge in [-0.1, -0.05) is 109 Å². The van der Waals surface area contributed by atoms with Gasteiger partial charge in [0.25, 0.3) is 0 Å². The first-order chi connectivity index (χ1) is 18.4. The molecular formula is C32H21N5. The summed E-state index contributed by atoms with van der Waals surface area (Å²) in [6, 6.07) is 38.8. The van der Waals surface area contributed by atoms with Crippen molar-refractivity contribution in [3.8, 4) is 39.9 Å². The molecule has 0 spiro atoms. The molecule has 0 saturated carbocycles. The summed E-state index contributed by atoms with van der Waals surface area (Å²) in [6.45, 7) is 0. The fourth-order valence-corrected chi connectivity index (χ4v) is 4.84. The van der Waals surface area contributed by atoms with Crippen molar-refractivity contribution in [1.82, 2.24) is 24.5 Å². The molecule has 0 unspecified atom stereocenters. The minimum absolute atomic E-state index is 0.572. The minimum Gasteiger partial charge on any atom is -0.277 e. The maximum absolute atomic E-state index is 5.03. The van der Waals surface area contributed by atoms with Crippen molar-refractivity contribution in [2.75, 3.05) is 0 Å². The van der Waals surface area contributed by atoms with Gasteiger partial charge in [0.15, 0.2) is 11.6 Å². The van der Waals surface area contributed by atoms with Gasteiger partial charge in [0, 0.05) is 39.9 Å². The van der Waals surface area contributed by atoms with Crippen molar-refractivity contribution in [2.45, 2.75) is 0 Å². The van der Waals surface area contributed by atoms with E-state index in [1.807, 2.05) is 97.3 Å². The smallest absolute Gasteiger partial charge is 0.238 e. The van der Waals surface area contributed by atoms with Crippen molar-refractivity contribution < 1.29 is 0 Å². The highest BCUT2D eigenvalue weighted by Crippen LogP contribution is 2.37. The lowest BCUT2D eigenvalue weighted by Gasteiger charge is -2.12. The molecule has 5 nitrogen and oxygen atoms in total. The Morgan fingerprint density at radius 1 is 0.459 bits per heavy atom. The average molecular weight is 476 g/mol. The van der Waals surface area contributed by atoms with E-state index >= 15 is 0 Å².